The van der Waals surface area contributed by atoms with E-state index < -0.39 is 0 Å². The summed E-state index contributed by atoms with van der Waals surface area (Å²) >= 11 is 0. The van der Waals surface area contributed by atoms with Gasteiger partial charge >= 0.3 is 0 Å². The number of rotatable bonds is 1. The van der Waals surface area contributed by atoms with Gasteiger partial charge in [0, 0.05) is 6.42 Å². The predicted octanol–water partition coefficient (Wildman–Crippen LogP) is 2.87. The van der Waals surface area contributed by atoms with Crippen molar-refractivity contribution in [3.05, 3.63) is 0 Å². The van der Waals surface area contributed by atoms with Crippen LogP contribution in [0.4, 0.5) is 0 Å². The van der Waals surface area contributed by atoms with E-state index in [1.165, 1.54) is 25.7 Å². The molecule has 1 unspecified atom stereocenters. The molecule has 1 aliphatic carbocycles. The summed E-state index contributed by atoms with van der Waals surface area (Å²) in [5.41, 5.74) is 1.06. The largest absolute Gasteiger partial charge is 0.399 e. The van der Waals surface area contributed by atoms with Crippen LogP contribution in [0.1, 0.15) is 44.9 Å². The van der Waals surface area contributed by atoms with Gasteiger partial charge in [-0.2, -0.15) is 5.26 Å². The van der Waals surface area contributed by atoms with E-state index in [1.54, 1.807) is 7.11 Å². The van der Waals surface area contributed by atoms with Crippen molar-refractivity contribution < 1.29 is 4.84 Å². The minimum Gasteiger partial charge on any atom is -0.399 e. The Morgan fingerprint density at radius 3 is 2.86 bits per heavy atom. The molecule has 0 saturated heterocycles. The minimum absolute atomic E-state index is 0.141. The molecule has 0 N–H and O–H groups in total. The average molecular weight is 194 g/mol. The predicted molar refractivity (Wildman–Crippen MR) is 55.9 cm³/mol. The topological polar surface area (TPSA) is 45.4 Å². The van der Waals surface area contributed by atoms with Crippen molar-refractivity contribution >= 4 is 5.71 Å². The van der Waals surface area contributed by atoms with Crippen molar-refractivity contribution in [2.24, 2.45) is 11.1 Å². The molecule has 0 aromatic heterocycles. The van der Waals surface area contributed by atoms with Gasteiger partial charge in [0.15, 0.2) is 0 Å². The van der Waals surface area contributed by atoms with Gasteiger partial charge < -0.3 is 4.84 Å². The van der Waals surface area contributed by atoms with Gasteiger partial charge in [-0.1, -0.05) is 24.4 Å². The Labute approximate surface area is 85.7 Å². The Hall–Kier alpha value is -1.04. The molecule has 0 radical (unpaired) electrons. The summed E-state index contributed by atoms with van der Waals surface area (Å²) in [6.45, 7) is 0. The normalized spacial score (nSPS) is 27.1. The third kappa shape index (κ3) is 3.78. The molecule has 3 heteroatoms. The van der Waals surface area contributed by atoms with E-state index in [4.69, 9.17) is 10.1 Å². The van der Waals surface area contributed by atoms with Crippen LogP contribution in [0.5, 0.6) is 0 Å². The highest BCUT2D eigenvalue weighted by Crippen LogP contribution is 2.20. The second-order valence-corrected chi connectivity index (χ2v) is 3.82. The zero-order valence-corrected chi connectivity index (χ0v) is 8.83. The Morgan fingerprint density at radius 1 is 1.36 bits per heavy atom. The van der Waals surface area contributed by atoms with Crippen molar-refractivity contribution in [1.29, 1.82) is 5.26 Å². The molecule has 1 rings (SSSR count). The smallest absolute Gasteiger partial charge is 0.106 e. The molecule has 3 nitrogen and oxygen atoms in total. The molecule has 0 spiro atoms. The zero-order chi connectivity index (χ0) is 10.2. The third-order valence-corrected chi connectivity index (χ3v) is 2.65. The Balaban J connectivity index is 2.56. The van der Waals surface area contributed by atoms with E-state index in [0.717, 1.165) is 25.0 Å². The van der Waals surface area contributed by atoms with Crippen LogP contribution in [0.15, 0.2) is 5.16 Å². The van der Waals surface area contributed by atoms with Gasteiger partial charge in [-0.3, -0.25) is 0 Å². The lowest BCUT2D eigenvalue weighted by atomic mass is 9.98. The highest BCUT2D eigenvalue weighted by molar-refractivity contribution is 5.84. The number of nitrogens with zero attached hydrogens (tertiary/aromatic N) is 2. The summed E-state index contributed by atoms with van der Waals surface area (Å²) in [5.74, 6) is 0.141. The highest BCUT2D eigenvalue weighted by Gasteiger charge is 2.14. The van der Waals surface area contributed by atoms with E-state index in [2.05, 4.69) is 11.2 Å². The fraction of sp³-hybridized carbons (Fsp3) is 0.818. The van der Waals surface area contributed by atoms with E-state index >= 15 is 0 Å². The first kappa shape index (κ1) is 11.0. The van der Waals surface area contributed by atoms with Crippen LogP contribution in [0, 0.1) is 17.2 Å². The molecule has 0 aliphatic heterocycles. The van der Waals surface area contributed by atoms with E-state index in [0.29, 0.717) is 0 Å². The number of oxime groups is 1. The van der Waals surface area contributed by atoms with Gasteiger partial charge in [0.25, 0.3) is 0 Å². The molecule has 1 aliphatic rings. The van der Waals surface area contributed by atoms with Gasteiger partial charge in [0.05, 0.1) is 17.7 Å². The molecule has 0 aromatic carbocycles. The molecular formula is C11H18N2O. The molecule has 78 valence electrons. The van der Waals surface area contributed by atoms with Gasteiger partial charge in [0.2, 0.25) is 0 Å². The fourth-order valence-corrected chi connectivity index (χ4v) is 1.88. The maximum Gasteiger partial charge on any atom is 0.106 e. The number of nitriles is 1. The summed E-state index contributed by atoms with van der Waals surface area (Å²) in [5, 5.41) is 12.9. The molecule has 0 heterocycles. The molecule has 1 fully saturated rings. The van der Waals surface area contributed by atoms with Crippen molar-refractivity contribution in [3.63, 3.8) is 0 Å². The van der Waals surface area contributed by atoms with Crippen molar-refractivity contribution in [2.45, 2.75) is 44.9 Å². The van der Waals surface area contributed by atoms with Crippen LogP contribution in [0.2, 0.25) is 0 Å². The van der Waals surface area contributed by atoms with Crippen LogP contribution in [-0.2, 0) is 4.84 Å². The zero-order valence-electron chi connectivity index (χ0n) is 8.83. The van der Waals surface area contributed by atoms with Crippen molar-refractivity contribution in [3.8, 4) is 6.07 Å². The summed E-state index contributed by atoms with van der Waals surface area (Å²) in [7, 11) is 1.57. The molecule has 0 aromatic rings. The first-order valence-electron chi connectivity index (χ1n) is 5.35. The summed E-state index contributed by atoms with van der Waals surface area (Å²) < 4.78 is 0. The number of hydrogen-bond acceptors (Lipinski definition) is 3. The van der Waals surface area contributed by atoms with E-state index in [-0.39, 0.29) is 5.92 Å². The number of hydrogen-bond donors (Lipinski definition) is 0. The second-order valence-electron chi connectivity index (χ2n) is 3.82. The minimum atomic E-state index is 0.141. The molecule has 1 atom stereocenters. The molecule has 0 amide bonds. The fourth-order valence-electron chi connectivity index (χ4n) is 1.88. The molecule has 1 saturated carbocycles. The maximum absolute atomic E-state index is 8.94. The van der Waals surface area contributed by atoms with Crippen LogP contribution in [0.25, 0.3) is 0 Å². The molecule has 14 heavy (non-hydrogen) atoms. The van der Waals surface area contributed by atoms with Gasteiger partial charge in [0.1, 0.15) is 7.11 Å². The van der Waals surface area contributed by atoms with Crippen molar-refractivity contribution in [1.82, 2.24) is 0 Å². The first-order valence-corrected chi connectivity index (χ1v) is 5.35. The van der Waals surface area contributed by atoms with E-state index in [9.17, 15) is 0 Å². The summed E-state index contributed by atoms with van der Waals surface area (Å²) in [6, 6.07) is 2.35. The van der Waals surface area contributed by atoms with Gasteiger partial charge in [-0.15, -0.1) is 0 Å². The van der Waals surface area contributed by atoms with Gasteiger partial charge in [-0.25, -0.2) is 0 Å². The lowest BCUT2D eigenvalue weighted by Gasteiger charge is -2.07. The van der Waals surface area contributed by atoms with Crippen molar-refractivity contribution in [2.75, 3.05) is 7.11 Å². The van der Waals surface area contributed by atoms with Crippen LogP contribution in [0.3, 0.4) is 0 Å². The van der Waals surface area contributed by atoms with Gasteiger partial charge in [-0.05, 0) is 19.3 Å². The Kier molecular flexibility index (Phi) is 5.06. The highest BCUT2D eigenvalue weighted by atomic mass is 16.6. The lowest BCUT2D eigenvalue weighted by molar-refractivity contribution is 0.211. The lowest BCUT2D eigenvalue weighted by Crippen LogP contribution is -2.06. The standard InChI is InChI=1S/C11H18N2O/c1-14-13-11-7-5-3-2-4-6-10(8-11)9-12/h10H,2-8H2,1H3/b13-11+. The first-order chi connectivity index (χ1) is 6.86. The monoisotopic (exact) mass is 194 g/mol. The van der Waals surface area contributed by atoms with Crippen LogP contribution >= 0.6 is 0 Å². The summed E-state index contributed by atoms with van der Waals surface area (Å²) in [4.78, 5) is 4.79. The van der Waals surface area contributed by atoms with Crippen LogP contribution < -0.4 is 0 Å². The average Bonchev–Trinajstić information content (AvgIpc) is 2.30. The SMILES string of the molecule is CO/N=C1\CCCCCCC(C#N)C1. The van der Waals surface area contributed by atoms with Crippen LogP contribution in [-0.4, -0.2) is 12.8 Å². The Morgan fingerprint density at radius 2 is 2.14 bits per heavy atom. The maximum atomic E-state index is 8.94. The van der Waals surface area contributed by atoms with E-state index in [1.807, 2.05) is 0 Å². The molecule has 0 bridgehead atoms. The Bertz CT molecular complexity index is 230. The third-order valence-electron chi connectivity index (χ3n) is 2.65. The quantitative estimate of drug-likeness (QED) is 0.602. The molecular weight excluding hydrogens is 176 g/mol. The summed E-state index contributed by atoms with van der Waals surface area (Å²) in [6.07, 6.45) is 7.66. The second kappa shape index (κ2) is 6.42.